The lowest BCUT2D eigenvalue weighted by atomic mass is 10.2. The number of rotatable bonds is 5. The molecule has 3 rings (SSSR count). The third-order valence-corrected chi connectivity index (χ3v) is 5.24. The van der Waals surface area contributed by atoms with Crippen molar-refractivity contribution in [2.75, 3.05) is 10.0 Å². The highest BCUT2D eigenvalue weighted by Crippen LogP contribution is 2.22. The summed E-state index contributed by atoms with van der Waals surface area (Å²) in [4.78, 5) is 4.24. The van der Waals surface area contributed by atoms with Crippen LogP contribution in [0.25, 0.3) is 0 Å². The van der Waals surface area contributed by atoms with E-state index < -0.39 is 15.8 Å². The van der Waals surface area contributed by atoms with Gasteiger partial charge in [-0.05, 0) is 49.2 Å². The lowest BCUT2D eigenvalue weighted by Crippen LogP contribution is -2.16. The van der Waals surface area contributed by atoms with Crippen LogP contribution < -0.4 is 10.0 Å². The molecule has 7 heteroatoms. The summed E-state index contributed by atoms with van der Waals surface area (Å²) in [5.41, 5.74) is 0.367. The highest BCUT2D eigenvalue weighted by Gasteiger charge is 2.16. The largest absolute Gasteiger partial charge is 0.367 e. The zero-order valence-corrected chi connectivity index (χ0v) is 13.3. The molecule has 1 heterocycles. The minimum absolute atomic E-state index is 0.00653. The third kappa shape index (κ3) is 3.98. The summed E-state index contributed by atoms with van der Waals surface area (Å²) >= 11 is 0. The van der Waals surface area contributed by atoms with Gasteiger partial charge >= 0.3 is 0 Å². The van der Waals surface area contributed by atoms with E-state index in [1.807, 2.05) is 0 Å². The highest BCUT2D eigenvalue weighted by molar-refractivity contribution is 7.92. The van der Waals surface area contributed by atoms with E-state index in [9.17, 15) is 12.8 Å². The van der Waals surface area contributed by atoms with Gasteiger partial charge in [0, 0.05) is 6.04 Å². The third-order valence-electron chi connectivity index (χ3n) is 3.85. The first-order valence-corrected chi connectivity index (χ1v) is 9.02. The fourth-order valence-corrected chi connectivity index (χ4v) is 3.69. The number of aromatic nitrogens is 1. The minimum Gasteiger partial charge on any atom is -0.367 e. The Kier molecular flexibility index (Phi) is 4.47. The van der Waals surface area contributed by atoms with Crippen molar-refractivity contribution in [3.05, 3.63) is 48.4 Å². The molecule has 0 unspecified atom stereocenters. The molecule has 1 saturated carbocycles. The molecule has 2 aromatic rings. The van der Waals surface area contributed by atoms with Crippen molar-refractivity contribution < 1.29 is 12.8 Å². The van der Waals surface area contributed by atoms with Crippen LogP contribution in [0.5, 0.6) is 0 Å². The lowest BCUT2D eigenvalue weighted by molar-refractivity contribution is 0.599. The Morgan fingerprint density at radius 3 is 2.35 bits per heavy atom. The second kappa shape index (κ2) is 6.54. The first-order chi connectivity index (χ1) is 11.0. The molecule has 0 aliphatic heterocycles. The summed E-state index contributed by atoms with van der Waals surface area (Å²) in [5.74, 6) is 0.259. The maximum absolute atomic E-state index is 12.9. The Bertz CT molecular complexity index is 755. The van der Waals surface area contributed by atoms with E-state index in [-0.39, 0.29) is 4.90 Å². The SMILES string of the molecule is O=S(=O)(Nc1ccc(NC2CCCC2)nc1)c1ccc(F)cc1. The summed E-state index contributed by atoms with van der Waals surface area (Å²) < 4.78 is 39.7. The number of hydrogen-bond acceptors (Lipinski definition) is 4. The Morgan fingerprint density at radius 1 is 1.04 bits per heavy atom. The Hall–Kier alpha value is -2.15. The van der Waals surface area contributed by atoms with Gasteiger partial charge in [-0.15, -0.1) is 0 Å². The molecule has 1 aromatic carbocycles. The molecule has 0 spiro atoms. The summed E-state index contributed by atoms with van der Waals surface area (Å²) in [6.07, 6.45) is 6.21. The average Bonchev–Trinajstić information content (AvgIpc) is 3.02. The van der Waals surface area contributed by atoms with E-state index in [0.29, 0.717) is 11.7 Å². The number of pyridine rings is 1. The zero-order valence-electron chi connectivity index (χ0n) is 12.5. The Labute approximate surface area is 135 Å². The molecule has 5 nitrogen and oxygen atoms in total. The van der Waals surface area contributed by atoms with E-state index in [1.54, 1.807) is 12.1 Å². The molecule has 0 bridgehead atoms. The summed E-state index contributed by atoms with van der Waals surface area (Å²) in [7, 11) is -3.74. The second-order valence-corrected chi connectivity index (χ2v) is 7.30. The molecule has 0 amide bonds. The summed E-state index contributed by atoms with van der Waals surface area (Å²) in [6, 6.07) is 8.53. The van der Waals surface area contributed by atoms with E-state index in [0.717, 1.165) is 30.8 Å². The zero-order chi connectivity index (χ0) is 16.3. The fourth-order valence-electron chi connectivity index (χ4n) is 2.65. The highest BCUT2D eigenvalue weighted by atomic mass is 32.2. The maximum atomic E-state index is 12.9. The van der Waals surface area contributed by atoms with Crippen molar-refractivity contribution in [3.8, 4) is 0 Å². The normalized spacial score (nSPS) is 15.5. The number of halogens is 1. The molecule has 1 aromatic heterocycles. The smallest absolute Gasteiger partial charge is 0.261 e. The van der Waals surface area contributed by atoms with Crippen LogP contribution in [0.1, 0.15) is 25.7 Å². The van der Waals surface area contributed by atoms with E-state index in [2.05, 4.69) is 15.0 Å². The predicted molar refractivity (Wildman–Crippen MR) is 87.3 cm³/mol. The maximum Gasteiger partial charge on any atom is 0.261 e. The van der Waals surface area contributed by atoms with Crippen LogP contribution in [-0.2, 0) is 10.0 Å². The monoisotopic (exact) mass is 335 g/mol. The molecule has 1 aliphatic carbocycles. The second-order valence-electron chi connectivity index (χ2n) is 5.62. The minimum atomic E-state index is -3.74. The molecule has 122 valence electrons. The molecular weight excluding hydrogens is 317 g/mol. The van der Waals surface area contributed by atoms with Crippen LogP contribution in [0, 0.1) is 5.82 Å². The van der Waals surface area contributed by atoms with Crippen LogP contribution in [0.2, 0.25) is 0 Å². The molecule has 0 atom stereocenters. The Morgan fingerprint density at radius 2 is 1.74 bits per heavy atom. The molecule has 23 heavy (non-hydrogen) atoms. The van der Waals surface area contributed by atoms with Gasteiger partial charge in [0.05, 0.1) is 16.8 Å². The number of anilines is 2. The fraction of sp³-hybridized carbons (Fsp3) is 0.312. The van der Waals surface area contributed by atoms with Crippen LogP contribution in [0.3, 0.4) is 0 Å². The van der Waals surface area contributed by atoms with Gasteiger partial charge in [0.2, 0.25) is 0 Å². The first kappa shape index (κ1) is 15.7. The van der Waals surface area contributed by atoms with Crippen molar-refractivity contribution in [1.29, 1.82) is 0 Å². The average molecular weight is 335 g/mol. The standard InChI is InChI=1S/C16H18FN3O2S/c17-12-5-8-15(9-6-12)23(21,22)20-14-7-10-16(18-11-14)19-13-3-1-2-4-13/h5-11,13,20H,1-4H2,(H,18,19). The molecular formula is C16H18FN3O2S. The van der Waals surface area contributed by atoms with Gasteiger partial charge < -0.3 is 5.32 Å². The Balaban J connectivity index is 1.68. The molecule has 1 fully saturated rings. The number of sulfonamides is 1. The molecule has 1 aliphatic rings. The van der Waals surface area contributed by atoms with Gasteiger partial charge in [-0.1, -0.05) is 12.8 Å². The van der Waals surface area contributed by atoms with Crippen LogP contribution in [0.15, 0.2) is 47.5 Å². The van der Waals surface area contributed by atoms with Gasteiger partial charge in [-0.2, -0.15) is 0 Å². The van der Waals surface area contributed by atoms with E-state index in [4.69, 9.17) is 0 Å². The number of nitrogens with one attached hydrogen (secondary N) is 2. The number of nitrogens with zero attached hydrogens (tertiary/aromatic N) is 1. The topological polar surface area (TPSA) is 71.1 Å². The van der Waals surface area contributed by atoms with Crippen LogP contribution in [0.4, 0.5) is 15.9 Å². The lowest BCUT2D eigenvalue weighted by Gasteiger charge is -2.13. The van der Waals surface area contributed by atoms with Gasteiger partial charge in [0.25, 0.3) is 10.0 Å². The molecule has 0 saturated heterocycles. The van der Waals surface area contributed by atoms with Gasteiger partial charge in [0.1, 0.15) is 11.6 Å². The molecule has 2 N–H and O–H groups in total. The van der Waals surface area contributed by atoms with Crippen molar-refractivity contribution in [2.24, 2.45) is 0 Å². The van der Waals surface area contributed by atoms with Gasteiger partial charge in [-0.3, -0.25) is 4.72 Å². The van der Waals surface area contributed by atoms with Gasteiger partial charge in [0.15, 0.2) is 0 Å². The number of benzene rings is 1. The van der Waals surface area contributed by atoms with Crippen molar-refractivity contribution >= 4 is 21.5 Å². The van der Waals surface area contributed by atoms with E-state index in [1.165, 1.54) is 31.2 Å². The van der Waals surface area contributed by atoms with E-state index >= 15 is 0 Å². The van der Waals surface area contributed by atoms with Gasteiger partial charge in [-0.25, -0.2) is 17.8 Å². The quantitative estimate of drug-likeness (QED) is 0.879. The summed E-state index contributed by atoms with van der Waals surface area (Å²) in [5, 5.41) is 3.34. The summed E-state index contributed by atoms with van der Waals surface area (Å²) in [6.45, 7) is 0. The van der Waals surface area contributed by atoms with Crippen LogP contribution in [-0.4, -0.2) is 19.4 Å². The number of hydrogen-bond donors (Lipinski definition) is 2. The van der Waals surface area contributed by atoms with Crippen molar-refractivity contribution in [1.82, 2.24) is 4.98 Å². The van der Waals surface area contributed by atoms with Crippen molar-refractivity contribution in [3.63, 3.8) is 0 Å². The predicted octanol–water partition coefficient (Wildman–Crippen LogP) is 3.38. The first-order valence-electron chi connectivity index (χ1n) is 7.54. The van der Waals surface area contributed by atoms with Crippen LogP contribution >= 0.6 is 0 Å². The van der Waals surface area contributed by atoms with Crippen molar-refractivity contribution in [2.45, 2.75) is 36.6 Å². The molecule has 0 radical (unpaired) electrons.